The van der Waals surface area contributed by atoms with Gasteiger partial charge in [0.1, 0.15) is 0 Å². The highest BCUT2D eigenvalue weighted by Gasteiger charge is 2.52. The van der Waals surface area contributed by atoms with Crippen LogP contribution in [-0.2, 0) is 0 Å². The van der Waals surface area contributed by atoms with Crippen LogP contribution in [0.15, 0.2) is 24.3 Å². The SMILES string of the molecule is Ic1cccc(N2CC3(CC3)C2)c1. The summed E-state index contributed by atoms with van der Waals surface area (Å²) in [7, 11) is 0. The second kappa shape index (κ2) is 2.62. The van der Waals surface area contributed by atoms with Crippen LogP contribution in [0, 0.1) is 8.99 Å². The molecule has 0 atom stereocenters. The quantitative estimate of drug-likeness (QED) is 0.717. The van der Waals surface area contributed by atoms with Gasteiger partial charge in [0.2, 0.25) is 0 Å². The second-order valence-electron chi connectivity index (χ2n) is 4.34. The van der Waals surface area contributed by atoms with E-state index in [1.54, 1.807) is 0 Å². The van der Waals surface area contributed by atoms with Crippen molar-refractivity contribution in [3.8, 4) is 0 Å². The number of halogens is 1. The zero-order valence-corrected chi connectivity index (χ0v) is 9.62. The molecule has 1 aliphatic carbocycles. The van der Waals surface area contributed by atoms with Crippen LogP contribution in [-0.4, -0.2) is 13.1 Å². The molecule has 1 aliphatic heterocycles. The molecule has 13 heavy (non-hydrogen) atoms. The summed E-state index contributed by atoms with van der Waals surface area (Å²) in [5.74, 6) is 0. The van der Waals surface area contributed by atoms with Gasteiger partial charge in [0.05, 0.1) is 0 Å². The van der Waals surface area contributed by atoms with Crippen LogP contribution < -0.4 is 4.90 Å². The number of hydrogen-bond acceptors (Lipinski definition) is 1. The molecule has 1 spiro atoms. The molecule has 3 rings (SSSR count). The third kappa shape index (κ3) is 1.35. The van der Waals surface area contributed by atoms with Crippen molar-refractivity contribution in [3.05, 3.63) is 27.8 Å². The van der Waals surface area contributed by atoms with Crippen molar-refractivity contribution in [1.29, 1.82) is 0 Å². The third-order valence-corrected chi connectivity index (χ3v) is 3.85. The number of benzene rings is 1. The molecule has 0 bridgehead atoms. The molecular weight excluding hydrogens is 273 g/mol. The van der Waals surface area contributed by atoms with E-state index in [1.807, 2.05) is 0 Å². The first-order chi connectivity index (χ1) is 6.27. The first kappa shape index (κ1) is 8.09. The zero-order valence-electron chi connectivity index (χ0n) is 7.46. The maximum absolute atomic E-state index is 2.50. The largest absolute Gasteiger partial charge is 0.370 e. The second-order valence-corrected chi connectivity index (χ2v) is 5.58. The average molecular weight is 285 g/mol. The van der Waals surface area contributed by atoms with Gasteiger partial charge in [-0.05, 0) is 53.6 Å². The van der Waals surface area contributed by atoms with Crippen LogP contribution in [0.1, 0.15) is 12.8 Å². The summed E-state index contributed by atoms with van der Waals surface area (Å²) < 4.78 is 1.34. The molecule has 68 valence electrons. The average Bonchev–Trinajstić information content (AvgIpc) is 2.80. The van der Waals surface area contributed by atoms with Gasteiger partial charge in [-0.2, -0.15) is 0 Å². The van der Waals surface area contributed by atoms with E-state index in [0.717, 1.165) is 5.41 Å². The van der Waals surface area contributed by atoms with E-state index in [0.29, 0.717) is 0 Å². The summed E-state index contributed by atoms with van der Waals surface area (Å²) in [6.45, 7) is 2.60. The third-order valence-electron chi connectivity index (χ3n) is 3.18. The smallest absolute Gasteiger partial charge is 0.0377 e. The Morgan fingerprint density at radius 2 is 2.00 bits per heavy atom. The van der Waals surface area contributed by atoms with Gasteiger partial charge in [-0.25, -0.2) is 0 Å². The maximum atomic E-state index is 2.50. The van der Waals surface area contributed by atoms with Crippen molar-refractivity contribution >= 4 is 28.3 Å². The number of hydrogen-bond donors (Lipinski definition) is 0. The Bertz CT molecular complexity index is 336. The lowest BCUT2D eigenvalue weighted by molar-refractivity contribution is 0.387. The van der Waals surface area contributed by atoms with Crippen LogP contribution in [0.25, 0.3) is 0 Å². The van der Waals surface area contributed by atoms with Crippen LogP contribution in [0.2, 0.25) is 0 Å². The zero-order chi connectivity index (χ0) is 8.89. The first-order valence-corrected chi connectivity index (χ1v) is 5.86. The van der Waals surface area contributed by atoms with Crippen LogP contribution >= 0.6 is 22.6 Å². The summed E-state index contributed by atoms with van der Waals surface area (Å²) in [6.07, 6.45) is 2.93. The lowest BCUT2D eigenvalue weighted by atomic mass is 9.96. The summed E-state index contributed by atoms with van der Waals surface area (Å²) in [5.41, 5.74) is 2.17. The molecule has 2 aliphatic rings. The number of anilines is 1. The highest BCUT2D eigenvalue weighted by atomic mass is 127. The Labute approximate surface area is 92.3 Å². The minimum atomic E-state index is 0.765. The monoisotopic (exact) mass is 285 g/mol. The molecule has 1 heterocycles. The molecular formula is C11H12IN. The molecule has 1 aromatic rings. The first-order valence-electron chi connectivity index (χ1n) is 4.78. The standard InChI is InChI=1S/C11H12IN/c12-9-2-1-3-10(6-9)13-7-11(8-13)4-5-11/h1-3,6H,4-5,7-8H2. The van der Waals surface area contributed by atoms with Crippen molar-refractivity contribution in [1.82, 2.24) is 0 Å². The van der Waals surface area contributed by atoms with E-state index < -0.39 is 0 Å². The van der Waals surface area contributed by atoms with Crippen molar-refractivity contribution in [2.45, 2.75) is 12.8 Å². The molecule has 1 aromatic carbocycles. The molecule has 0 radical (unpaired) electrons. The highest BCUT2D eigenvalue weighted by Crippen LogP contribution is 2.53. The minimum absolute atomic E-state index is 0.765. The summed E-state index contributed by atoms with van der Waals surface area (Å²) in [4.78, 5) is 2.50. The van der Waals surface area contributed by atoms with Gasteiger partial charge in [-0.3, -0.25) is 0 Å². The molecule has 1 nitrogen and oxygen atoms in total. The fraction of sp³-hybridized carbons (Fsp3) is 0.455. The van der Waals surface area contributed by atoms with E-state index in [4.69, 9.17) is 0 Å². The van der Waals surface area contributed by atoms with Gasteiger partial charge in [0.15, 0.2) is 0 Å². The van der Waals surface area contributed by atoms with Crippen molar-refractivity contribution in [2.24, 2.45) is 5.41 Å². The van der Waals surface area contributed by atoms with E-state index >= 15 is 0 Å². The highest BCUT2D eigenvalue weighted by molar-refractivity contribution is 14.1. The molecule has 0 unspecified atom stereocenters. The van der Waals surface area contributed by atoms with Crippen LogP contribution in [0.3, 0.4) is 0 Å². The Kier molecular flexibility index (Phi) is 1.63. The van der Waals surface area contributed by atoms with Gasteiger partial charge in [-0.1, -0.05) is 6.07 Å². The van der Waals surface area contributed by atoms with E-state index in [9.17, 15) is 0 Å². The van der Waals surface area contributed by atoms with Gasteiger partial charge < -0.3 is 4.90 Å². The molecule has 1 saturated carbocycles. The van der Waals surface area contributed by atoms with E-state index in [-0.39, 0.29) is 0 Å². The summed E-state index contributed by atoms with van der Waals surface area (Å²) in [6, 6.07) is 8.79. The van der Waals surface area contributed by atoms with Crippen molar-refractivity contribution in [3.63, 3.8) is 0 Å². The van der Waals surface area contributed by atoms with Crippen molar-refractivity contribution < 1.29 is 0 Å². The molecule has 1 saturated heterocycles. The van der Waals surface area contributed by atoms with Crippen LogP contribution in [0.4, 0.5) is 5.69 Å². The lowest BCUT2D eigenvalue weighted by Gasteiger charge is -2.42. The molecule has 2 fully saturated rings. The molecule has 0 amide bonds. The lowest BCUT2D eigenvalue weighted by Crippen LogP contribution is -2.48. The number of nitrogens with zero attached hydrogens (tertiary/aromatic N) is 1. The van der Waals surface area contributed by atoms with E-state index in [2.05, 4.69) is 51.8 Å². The predicted octanol–water partition coefficient (Wildman–Crippen LogP) is 2.89. The fourth-order valence-corrected chi connectivity index (χ4v) is 2.64. The van der Waals surface area contributed by atoms with Gasteiger partial charge in [-0.15, -0.1) is 0 Å². The predicted molar refractivity (Wildman–Crippen MR) is 63.0 cm³/mol. The van der Waals surface area contributed by atoms with Gasteiger partial charge >= 0.3 is 0 Å². The Morgan fingerprint density at radius 3 is 2.62 bits per heavy atom. The topological polar surface area (TPSA) is 3.24 Å². The fourth-order valence-electron chi connectivity index (χ4n) is 2.11. The number of rotatable bonds is 1. The normalized spacial score (nSPS) is 23.0. The molecule has 0 aromatic heterocycles. The van der Waals surface area contributed by atoms with E-state index in [1.165, 1.54) is 35.2 Å². The minimum Gasteiger partial charge on any atom is -0.370 e. The van der Waals surface area contributed by atoms with Gasteiger partial charge in [0, 0.05) is 27.8 Å². The Hall–Kier alpha value is -0.250. The van der Waals surface area contributed by atoms with Crippen LogP contribution in [0.5, 0.6) is 0 Å². The summed E-state index contributed by atoms with van der Waals surface area (Å²) in [5, 5.41) is 0. The van der Waals surface area contributed by atoms with Gasteiger partial charge in [0.25, 0.3) is 0 Å². The van der Waals surface area contributed by atoms with Crippen molar-refractivity contribution in [2.75, 3.05) is 18.0 Å². The maximum Gasteiger partial charge on any atom is 0.0377 e. The Morgan fingerprint density at radius 1 is 1.23 bits per heavy atom. The summed E-state index contributed by atoms with van der Waals surface area (Å²) >= 11 is 2.38. The molecule has 2 heteroatoms. The Balaban J connectivity index is 1.78. The molecule has 0 N–H and O–H groups in total.